The number of nitrogens with one attached hydrogen (secondary N) is 2. The van der Waals surface area contributed by atoms with Crippen molar-refractivity contribution in [3.05, 3.63) is 75.2 Å². The zero-order chi connectivity index (χ0) is 28.9. The number of ether oxygens (including phenoxy) is 3. The Bertz CT molecular complexity index is 1440. The number of aryl methyl sites for hydroxylation is 2. The number of amides is 3. The minimum atomic E-state index is -0.580. The molecule has 9 nitrogen and oxygen atoms in total. The SMILES string of the molecule is COc1ccc2cc1OCC(=O)N[C@@H]1CN(C(=O)c3ccc(C)s3)CC[C@H]1Oc1cc(F)cc(c1)CNC(=O)CC2. The van der Waals surface area contributed by atoms with Crippen LogP contribution < -0.4 is 24.8 Å². The van der Waals surface area contributed by atoms with E-state index in [4.69, 9.17) is 14.2 Å². The summed E-state index contributed by atoms with van der Waals surface area (Å²) in [6.45, 7) is 2.40. The number of hydrogen-bond donors (Lipinski definition) is 2. The van der Waals surface area contributed by atoms with Crippen LogP contribution >= 0.6 is 11.3 Å². The van der Waals surface area contributed by atoms with Crippen molar-refractivity contribution in [2.75, 3.05) is 26.8 Å². The molecule has 1 aromatic heterocycles. The molecule has 5 rings (SSSR count). The van der Waals surface area contributed by atoms with E-state index in [1.54, 1.807) is 29.2 Å². The first-order chi connectivity index (χ1) is 19.8. The summed E-state index contributed by atoms with van der Waals surface area (Å²) < 4.78 is 31.9. The number of piperidine rings is 1. The first kappa shape index (κ1) is 28.4. The molecule has 0 radical (unpaired) electrons. The Morgan fingerprint density at radius 3 is 2.71 bits per heavy atom. The maximum atomic E-state index is 14.5. The van der Waals surface area contributed by atoms with Gasteiger partial charge in [-0.2, -0.15) is 0 Å². The number of fused-ring (bicyclic) bond motifs is 5. The number of likely N-dealkylation sites (tertiary alicyclic amines) is 1. The highest BCUT2D eigenvalue weighted by molar-refractivity contribution is 7.13. The lowest BCUT2D eigenvalue weighted by atomic mass is 10.0. The Morgan fingerprint density at radius 1 is 1.07 bits per heavy atom. The number of nitrogens with zero attached hydrogens (tertiary/aromatic N) is 1. The van der Waals surface area contributed by atoms with Crippen molar-refractivity contribution in [2.24, 2.45) is 0 Å². The van der Waals surface area contributed by atoms with Gasteiger partial charge in [0, 0.05) is 43.4 Å². The highest BCUT2D eigenvalue weighted by atomic mass is 32.1. The van der Waals surface area contributed by atoms with Gasteiger partial charge in [0.2, 0.25) is 5.91 Å². The predicted octanol–water partition coefficient (Wildman–Crippen LogP) is 3.62. The standard InChI is InChI=1S/C30H32FN3O6S/c1-18-3-7-27(41-18)30(37)34-10-9-24-23(16-34)33-29(36)17-39-26-13-19(4-6-25(26)38-2)5-8-28(35)32-15-20-11-21(31)14-22(12-20)40-24/h3-4,6-7,11-14,23-24H,5,8-10,15-17H2,1-2H3,(H,32,35)(H,33,36)/t23-,24-/m1/s1. The van der Waals surface area contributed by atoms with Crippen LogP contribution in [-0.4, -0.2) is 61.6 Å². The molecule has 2 N–H and O–H groups in total. The molecule has 2 aromatic carbocycles. The number of thiophene rings is 1. The van der Waals surface area contributed by atoms with Gasteiger partial charge in [0.15, 0.2) is 18.1 Å². The molecule has 11 heteroatoms. The third-order valence-corrected chi connectivity index (χ3v) is 8.06. The Kier molecular flexibility index (Phi) is 8.72. The van der Waals surface area contributed by atoms with Gasteiger partial charge in [-0.1, -0.05) is 6.07 Å². The quantitative estimate of drug-likeness (QED) is 0.479. The molecule has 3 aromatic rings. The largest absolute Gasteiger partial charge is 0.493 e. The van der Waals surface area contributed by atoms with E-state index in [1.807, 2.05) is 19.1 Å². The zero-order valence-electron chi connectivity index (χ0n) is 22.9. The van der Waals surface area contributed by atoms with Crippen molar-refractivity contribution < 1.29 is 33.0 Å². The molecule has 0 aliphatic carbocycles. The summed E-state index contributed by atoms with van der Waals surface area (Å²) in [5.41, 5.74) is 1.39. The molecule has 0 unspecified atom stereocenters. The van der Waals surface area contributed by atoms with E-state index in [0.29, 0.717) is 41.3 Å². The van der Waals surface area contributed by atoms with Gasteiger partial charge in [-0.3, -0.25) is 14.4 Å². The van der Waals surface area contributed by atoms with Crippen LogP contribution in [-0.2, 0) is 22.6 Å². The number of halogens is 1. The second kappa shape index (κ2) is 12.6. The van der Waals surface area contributed by atoms with Crippen molar-refractivity contribution in [1.29, 1.82) is 0 Å². The number of benzene rings is 2. The Balaban J connectivity index is 1.41. The van der Waals surface area contributed by atoms with Gasteiger partial charge in [-0.05, 0) is 60.9 Å². The molecule has 3 amide bonds. The summed E-state index contributed by atoms with van der Waals surface area (Å²) in [4.78, 5) is 42.2. The molecule has 0 spiro atoms. The van der Waals surface area contributed by atoms with Gasteiger partial charge >= 0.3 is 0 Å². The van der Waals surface area contributed by atoms with Crippen LogP contribution in [0, 0.1) is 12.7 Å². The summed E-state index contributed by atoms with van der Waals surface area (Å²) >= 11 is 1.42. The summed E-state index contributed by atoms with van der Waals surface area (Å²) in [7, 11) is 1.51. The highest BCUT2D eigenvalue weighted by Gasteiger charge is 2.35. The fourth-order valence-corrected chi connectivity index (χ4v) is 5.83. The number of carbonyl (C=O) groups is 3. The van der Waals surface area contributed by atoms with Crippen molar-refractivity contribution >= 4 is 29.1 Å². The lowest BCUT2D eigenvalue weighted by Gasteiger charge is -2.38. The van der Waals surface area contributed by atoms with E-state index in [1.165, 1.54) is 30.6 Å². The smallest absolute Gasteiger partial charge is 0.264 e. The maximum Gasteiger partial charge on any atom is 0.264 e. The van der Waals surface area contributed by atoms with Crippen LogP contribution in [0.5, 0.6) is 17.2 Å². The summed E-state index contributed by atoms with van der Waals surface area (Å²) in [6.07, 6.45) is 0.539. The molecular weight excluding hydrogens is 549 g/mol. The van der Waals surface area contributed by atoms with Crippen LogP contribution in [0.2, 0.25) is 0 Å². The molecule has 1 fully saturated rings. The monoisotopic (exact) mass is 581 g/mol. The Labute approximate surface area is 241 Å². The van der Waals surface area contributed by atoms with Crippen LogP contribution in [0.1, 0.15) is 38.5 Å². The number of methoxy groups -OCH3 is 1. The van der Waals surface area contributed by atoms with Crippen molar-refractivity contribution in [3.63, 3.8) is 0 Å². The first-order valence-corrected chi connectivity index (χ1v) is 14.3. The van der Waals surface area contributed by atoms with Crippen LogP contribution in [0.4, 0.5) is 4.39 Å². The first-order valence-electron chi connectivity index (χ1n) is 13.4. The van der Waals surface area contributed by atoms with Gasteiger partial charge in [-0.25, -0.2) is 4.39 Å². The molecule has 4 bridgehead atoms. The van der Waals surface area contributed by atoms with Gasteiger partial charge < -0.3 is 29.7 Å². The van der Waals surface area contributed by atoms with Crippen molar-refractivity contribution in [2.45, 2.75) is 44.9 Å². The molecule has 2 aliphatic heterocycles. The van der Waals surface area contributed by atoms with Gasteiger partial charge in [0.1, 0.15) is 17.7 Å². The van der Waals surface area contributed by atoms with Crippen molar-refractivity contribution in [3.8, 4) is 17.2 Å². The third-order valence-electron chi connectivity index (χ3n) is 7.07. The molecule has 41 heavy (non-hydrogen) atoms. The summed E-state index contributed by atoms with van der Waals surface area (Å²) in [6, 6.07) is 12.7. The second-order valence-corrected chi connectivity index (χ2v) is 11.4. The lowest BCUT2D eigenvalue weighted by Crippen LogP contribution is -2.58. The van der Waals surface area contributed by atoms with E-state index in [-0.39, 0.29) is 43.7 Å². The summed E-state index contributed by atoms with van der Waals surface area (Å²) in [5, 5.41) is 5.80. The topological polar surface area (TPSA) is 106 Å². The molecular formula is C30H32FN3O6S. The Hall–Kier alpha value is -4.12. The Morgan fingerprint density at radius 2 is 1.93 bits per heavy atom. The highest BCUT2D eigenvalue weighted by Crippen LogP contribution is 2.29. The van der Waals surface area contributed by atoms with Gasteiger partial charge in [0.05, 0.1) is 18.0 Å². The van der Waals surface area contributed by atoms with Crippen LogP contribution in [0.15, 0.2) is 48.5 Å². The number of carbonyl (C=O) groups excluding carboxylic acids is 3. The third kappa shape index (κ3) is 7.15. The molecule has 216 valence electrons. The van der Waals surface area contributed by atoms with Crippen LogP contribution in [0.3, 0.4) is 0 Å². The normalized spacial score (nSPS) is 19.8. The van der Waals surface area contributed by atoms with Gasteiger partial charge in [0.25, 0.3) is 11.8 Å². The maximum absolute atomic E-state index is 14.5. The average molecular weight is 582 g/mol. The van der Waals surface area contributed by atoms with E-state index in [9.17, 15) is 18.8 Å². The van der Waals surface area contributed by atoms with Crippen LogP contribution in [0.25, 0.3) is 0 Å². The second-order valence-electron chi connectivity index (χ2n) is 10.1. The zero-order valence-corrected chi connectivity index (χ0v) is 23.7. The minimum absolute atomic E-state index is 0.114. The fourth-order valence-electron chi connectivity index (χ4n) is 4.99. The molecule has 2 aliphatic rings. The van der Waals surface area contributed by atoms with E-state index in [2.05, 4.69) is 10.6 Å². The van der Waals surface area contributed by atoms with Gasteiger partial charge in [-0.15, -0.1) is 11.3 Å². The van der Waals surface area contributed by atoms with E-state index in [0.717, 1.165) is 10.4 Å². The van der Waals surface area contributed by atoms with Crippen molar-refractivity contribution in [1.82, 2.24) is 15.5 Å². The van der Waals surface area contributed by atoms with E-state index < -0.39 is 23.9 Å². The lowest BCUT2D eigenvalue weighted by molar-refractivity contribution is -0.125. The number of hydrogen-bond acceptors (Lipinski definition) is 7. The number of rotatable bonds is 2. The predicted molar refractivity (Wildman–Crippen MR) is 151 cm³/mol. The van der Waals surface area contributed by atoms with E-state index >= 15 is 0 Å². The minimum Gasteiger partial charge on any atom is -0.493 e. The molecule has 2 atom stereocenters. The molecule has 0 saturated carbocycles. The fraction of sp³-hybridized carbons (Fsp3) is 0.367. The molecule has 1 saturated heterocycles. The summed E-state index contributed by atoms with van der Waals surface area (Å²) in [5.74, 6) is -0.0785. The molecule has 3 heterocycles. The average Bonchev–Trinajstić information content (AvgIpc) is 3.39.